The summed E-state index contributed by atoms with van der Waals surface area (Å²) in [6.07, 6.45) is 0.488. The van der Waals surface area contributed by atoms with E-state index >= 15 is 0 Å². The van der Waals surface area contributed by atoms with Crippen molar-refractivity contribution in [1.29, 1.82) is 0 Å². The van der Waals surface area contributed by atoms with Crippen molar-refractivity contribution in [3.63, 3.8) is 0 Å². The molecule has 0 spiro atoms. The van der Waals surface area contributed by atoms with Crippen LogP contribution in [0.5, 0.6) is 11.5 Å². The molecule has 2 atom stereocenters. The second-order valence-corrected chi connectivity index (χ2v) is 8.38. The van der Waals surface area contributed by atoms with Crippen LogP contribution in [0.1, 0.15) is 24.4 Å². The van der Waals surface area contributed by atoms with E-state index in [4.69, 9.17) is 14.2 Å². The Hall–Kier alpha value is -1.54. The highest BCUT2D eigenvalue weighted by atomic mass is 32.2. The number of methoxy groups -OCH3 is 3. The fourth-order valence-corrected chi connectivity index (χ4v) is 5.33. The highest BCUT2D eigenvalue weighted by molar-refractivity contribution is 8.06. The summed E-state index contributed by atoms with van der Waals surface area (Å²) in [5.41, 5.74) is 0.741. The number of nitrogens with one attached hydrogen (secondary N) is 1. The molecule has 8 heteroatoms. The van der Waals surface area contributed by atoms with E-state index in [2.05, 4.69) is 5.32 Å². The minimum atomic E-state index is -0.500. The fraction of sp³-hybridized carbons (Fsp3) is 0.556. The van der Waals surface area contributed by atoms with E-state index in [1.165, 1.54) is 7.11 Å². The molecule has 0 radical (unpaired) electrons. The van der Waals surface area contributed by atoms with E-state index in [0.717, 1.165) is 22.8 Å². The third kappa shape index (κ3) is 6.32. The fourth-order valence-electron chi connectivity index (χ4n) is 2.65. The van der Waals surface area contributed by atoms with Crippen LogP contribution in [0.3, 0.4) is 0 Å². The molecule has 6 nitrogen and oxygen atoms in total. The Balaban J connectivity index is 2.14. The zero-order valence-corrected chi connectivity index (χ0v) is 16.9. The van der Waals surface area contributed by atoms with Gasteiger partial charge in [-0.15, -0.1) is 0 Å². The van der Waals surface area contributed by atoms with Crippen LogP contribution in [0.25, 0.3) is 0 Å². The van der Waals surface area contributed by atoms with Gasteiger partial charge in [0.2, 0.25) is 5.91 Å². The highest BCUT2D eigenvalue weighted by Crippen LogP contribution is 2.29. The molecule has 0 aromatic heterocycles. The maximum Gasteiger partial charge on any atom is 0.307 e. The van der Waals surface area contributed by atoms with E-state index < -0.39 is 6.04 Å². The summed E-state index contributed by atoms with van der Waals surface area (Å²) in [7, 11) is 4.46. The molecule has 1 amide bonds. The van der Waals surface area contributed by atoms with Crippen LogP contribution in [0.15, 0.2) is 18.2 Å². The van der Waals surface area contributed by atoms with E-state index in [1.807, 2.05) is 23.5 Å². The first-order valence-corrected chi connectivity index (χ1v) is 10.5. The number of hydrogen-bond donors (Lipinski definition) is 1. The molecule has 2 unspecified atom stereocenters. The van der Waals surface area contributed by atoms with Crippen molar-refractivity contribution in [3.05, 3.63) is 23.8 Å². The number of hydrogen-bond acceptors (Lipinski definition) is 7. The van der Waals surface area contributed by atoms with Crippen molar-refractivity contribution in [1.82, 2.24) is 5.32 Å². The quantitative estimate of drug-likeness (QED) is 0.674. The molecule has 144 valence electrons. The lowest BCUT2D eigenvalue weighted by molar-refractivity contribution is -0.141. The summed E-state index contributed by atoms with van der Waals surface area (Å²) in [5, 5.41) is 3.29. The SMILES string of the molecule is COC(=O)CC(NC(=O)CC1CSCCS1)c1cc(OC)cc(OC)c1. The molecule has 1 aliphatic rings. The first-order valence-electron chi connectivity index (χ1n) is 8.34. The normalized spacial score (nSPS) is 17.9. The molecule has 1 fully saturated rings. The van der Waals surface area contributed by atoms with E-state index in [-0.39, 0.29) is 18.3 Å². The van der Waals surface area contributed by atoms with Crippen molar-refractivity contribution in [2.24, 2.45) is 0 Å². The number of ether oxygens (including phenoxy) is 3. The van der Waals surface area contributed by atoms with Crippen LogP contribution < -0.4 is 14.8 Å². The molecule has 1 aromatic carbocycles. The highest BCUT2D eigenvalue weighted by Gasteiger charge is 2.23. The first kappa shape index (κ1) is 20.8. The van der Waals surface area contributed by atoms with Crippen LogP contribution in [0, 0.1) is 0 Å². The van der Waals surface area contributed by atoms with Gasteiger partial charge in [-0.05, 0) is 17.7 Å². The smallest absolute Gasteiger partial charge is 0.307 e. The predicted octanol–water partition coefficient (Wildman–Crippen LogP) is 2.66. The van der Waals surface area contributed by atoms with Gasteiger partial charge in [0.25, 0.3) is 0 Å². The Morgan fingerprint density at radius 2 is 1.85 bits per heavy atom. The zero-order chi connectivity index (χ0) is 18.9. The molecule has 0 saturated carbocycles. The molecule has 1 saturated heterocycles. The van der Waals surface area contributed by atoms with Gasteiger partial charge in [-0.3, -0.25) is 9.59 Å². The van der Waals surface area contributed by atoms with Crippen LogP contribution in [-0.2, 0) is 14.3 Å². The minimum absolute atomic E-state index is 0.0467. The maximum atomic E-state index is 12.5. The third-order valence-electron chi connectivity index (χ3n) is 4.01. The van der Waals surface area contributed by atoms with Crippen LogP contribution in [-0.4, -0.2) is 55.7 Å². The third-order valence-corrected chi connectivity index (χ3v) is 6.85. The molecule has 2 rings (SSSR count). The maximum absolute atomic E-state index is 12.5. The van der Waals surface area contributed by atoms with Gasteiger partial charge in [-0.1, -0.05) is 0 Å². The lowest BCUT2D eigenvalue weighted by Crippen LogP contribution is -2.33. The summed E-state index contributed by atoms with van der Waals surface area (Å²) in [5.74, 6) is 3.93. The van der Waals surface area contributed by atoms with Gasteiger partial charge in [-0.2, -0.15) is 23.5 Å². The van der Waals surface area contributed by atoms with Crippen LogP contribution in [0.2, 0.25) is 0 Å². The summed E-state index contributed by atoms with van der Waals surface area (Å²) in [6, 6.07) is 4.83. The first-order chi connectivity index (χ1) is 12.5. The second kappa shape index (κ2) is 10.6. The van der Waals surface area contributed by atoms with Crippen LogP contribution >= 0.6 is 23.5 Å². The van der Waals surface area contributed by atoms with Crippen molar-refractivity contribution in [3.8, 4) is 11.5 Å². The average molecular weight is 400 g/mol. The molecule has 1 aliphatic heterocycles. The monoisotopic (exact) mass is 399 g/mol. The van der Waals surface area contributed by atoms with E-state index in [1.54, 1.807) is 32.4 Å². The standard InChI is InChI=1S/C18H25NO5S2/c1-22-13-6-12(7-14(8-13)23-2)16(10-18(21)24-3)19-17(20)9-15-11-25-4-5-26-15/h6-8,15-16H,4-5,9-11H2,1-3H3,(H,19,20). The van der Waals surface area contributed by atoms with E-state index in [0.29, 0.717) is 23.2 Å². The van der Waals surface area contributed by atoms with Gasteiger partial charge in [-0.25, -0.2) is 0 Å². The predicted molar refractivity (Wildman–Crippen MR) is 105 cm³/mol. The number of carbonyl (C=O) groups is 2. The van der Waals surface area contributed by atoms with Crippen molar-refractivity contribution >= 4 is 35.4 Å². The Labute approximate surface area is 162 Å². The van der Waals surface area contributed by atoms with Crippen molar-refractivity contribution in [2.75, 3.05) is 38.6 Å². The number of thioether (sulfide) groups is 2. The van der Waals surface area contributed by atoms with Gasteiger partial charge < -0.3 is 19.5 Å². The molecule has 0 bridgehead atoms. The summed E-state index contributed by atoms with van der Waals surface area (Å²) in [4.78, 5) is 24.4. The summed E-state index contributed by atoms with van der Waals surface area (Å²) < 4.78 is 15.4. The van der Waals surface area contributed by atoms with Gasteiger partial charge in [0.05, 0.1) is 33.8 Å². The van der Waals surface area contributed by atoms with Gasteiger partial charge >= 0.3 is 5.97 Å². The lowest BCUT2D eigenvalue weighted by atomic mass is 10.0. The molecule has 0 aliphatic carbocycles. The number of amides is 1. The van der Waals surface area contributed by atoms with Gasteiger partial charge in [0.1, 0.15) is 11.5 Å². The lowest BCUT2D eigenvalue weighted by Gasteiger charge is -2.23. The number of rotatable bonds is 8. The zero-order valence-electron chi connectivity index (χ0n) is 15.3. The number of carbonyl (C=O) groups excluding carboxylic acids is 2. The summed E-state index contributed by atoms with van der Waals surface area (Å²) >= 11 is 3.71. The molecular formula is C18H25NO5S2. The Morgan fingerprint density at radius 3 is 2.38 bits per heavy atom. The second-order valence-electron chi connectivity index (χ2n) is 5.82. The molecule has 26 heavy (non-hydrogen) atoms. The van der Waals surface area contributed by atoms with Gasteiger partial charge in [0, 0.05) is 35.0 Å². The largest absolute Gasteiger partial charge is 0.497 e. The van der Waals surface area contributed by atoms with Crippen LogP contribution in [0.4, 0.5) is 0 Å². The topological polar surface area (TPSA) is 73.9 Å². The molecule has 1 heterocycles. The Bertz CT molecular complexity index is 597. The van der Waals surface area contributed by atoms with E-state index in [9.17, 15) is 9.59 Å². The Kier molecular flexibility index (Phi) is 8.44. The Morgan fingerprint density at radius 1 is 1.15 bits per heavy atom. The number of esters is 1. The van der Waals surface area contributed by atoms with Crippen molar-refractivity contribution < 1.29 is 23.8 Å². The number of benzene rings is 1. The molecule has 1 aromatic rings. The molecular weight excluding hydrogens is 374 g/mol. The summed E-state index contributed by atoms with van der Waals surface area (Å²) in [6.45, 7) is 0. The molecule has 1 N–H and O–H groups in total. The average Bonchev–Trinajstić information content (AvgIpc) is 2.67. The minimum Gasteiger partial charge on any atom is -0.497 e. The van der Waals surface area contributed by atoms with Crippen molar-refractivity contribution in [2.45, 2.75) is 24.1 Å². The van der Waals surface area contributed by atoms with Gasteiger partial charge in [0.15, 0.2) is 0 Å².